The number of esters is 1. The van der Waals surface area contributed by atoms with Crippen molar-refractivity contribution in [1.82, 2.24) is 4.98 Å². The number of aromatic amines is 1. The van der Waals surface area contributed by atoms with Gasteiger partial charge >= 0.3 is 5.97 Å². The van der Waals surface area contributed by atoms with Gasteiger partial charge in [0.1, 0.15) is 17.3 Å². The van der Waals surface area contributed by atoms with Crippen molar-refractivity contribution in [1.29, 1.82) is 0 Å². The van der Waals surface area contributed by atoms with Crippen LogP contribution >= 0.6 is 0 Å². The molecule has 2 N–H and O–H groups in total. The fourth-order valence-electron chi connectivity index (χ4n) is 3.21. The van der Waals surface area contributed by atoms with Crippen LogP contribution in [0.2, 0.25) is 0 Å². The summed E-state index contributed by atoms with van der Waals surface area (Å²) < 4.78 is 30.7. The topological polar surface area (TPSA) is 72.6 Å². The van der Waals surface area contributed by atoms with Crippen LogP contribution in [-0.2, 0) is 4.74 Å². The quantitative estimate of drug-likeness (QED) is 0.357. The number of hydrogen-bond donors (Lipinski definition) is 2. The van der Waals surface area contributed by atoms with Gasteiger partial charge in [-0.05, 0) is 49.4 Å². The monoisotopic (exact) mass is 420 g/mol. The molecule has 4 rings (SSSR count). The number of fused-ring (bicyclic) bond motifs is 1. The van der Waals surface area contributed by atoms with E-state index in [9.17, 15) is 9.18 Å². The molecule has 6 nitrogen and oxygen atoms in total. The summed E-state index contributed by atoms with van der Waals surface area (Å²) in [6.07, 6.45) is 0. The van der Waals surface area contributed by atoms with Crippen molar-refractivity contribution in [2.45, 2.75) is 6.92 Å². The molecule has 3 aromatic carbocycles. The second-order valence-corrected chi connectivity index (χ2v) is 6.69. The molecule has 158 valence electrons. The van der Waals surface area contributed by atoms with Gasteiger partial charge in [-0.2, -0.15) is 0 Å². The molecule has 0 aliphatic carbocycles. The second kappa shape index (κ2) is 8.79. The molecule has 0 unspecified atom stereocenters. The highest BCUT2D eigenvalue weighted by atomic mass is 19.1. The van der Waals surface area contributed by atoms with E-state index in [4.69, 9.17) is 14.2 Å². The van der Waals surface area contributed by atoms with Crippen LogP contribution in [0.1, 0.15) is 17.4 Å². The third kappa shape index (κ3) is 4.30. The number of carbonyl (C=O) groups excluding carboxylic acids is 1. The Balaban J connectivity index is 1.64. The minimum Gasteiger partial charge on any atom is -0.493 e. The number of nitrogens with one attached hydrogen (secondary N) is 2. The highest BCUT2D eigenvalue weighted by Crippen LogP contribution is 2.36. The minimum absolute atomic E-state index is 0.189. The Kier molecular flexibility index (Phi) is 5.75. The van der Waals surface area contributed by atoms with Crippen molar-refractivity contribution in [2.75, 3.05) is 19.0 Å². The van der Waals surface area contributed by atoms with Gasteiger partial charge in [-0.1, -0.05) is 18.2 Å². The lowest BCUT2D eigenvalue weighted by Gasteiger charge is -2.13. The van der Waals surface area contributed by atoms with Crippen LogP contribution in [0.5, 0.6) is 17.2 Å². The molecule has 0 amide bonds. The summed E-state index contributed by atoms with van der Waals surface area (Å²) in [6.45, 7) is 1.95. The van der Waals surface area contributed by atoms with E-state index in [1.807, 2.05) is 36.4 Å². The predicted molar refractivity (Wildman–Crippen MR) is 117 cm³/mol. The summed E-state index contributed by atoms with van der Waals surface area (Å²) in [6, 6.07) is 19.3. The van der Waals surface area contributed by atoms with Gasteiger partial charge in [0, 0.05) is 22.8 Å². The average Bonchev–Trinajstić information content (AvgIpc) is 3.24. The molecule has 0 atom stereocenters. The number of methoxy groups -OCH3 is 1. The van der Waals surface area contributed by atoms with Crippen LogP contribution in [0.3, 0.4) is 0 Å². The Morgan fingerprint density at radius 1 is 1.03 bits per heavy atom. The molecule has 0 bridgehead atoms. The van der Waals surface area contributed by atoms with Crippen molar-refractivity contribution in [3.8, 4) is 17.2 Å². The van der Waals surface area contributed by atoms with E-state index in [2.05, 4.69) is 10.3 Å². The molecule has 4 aromatic rings. The molecule has 0 saturated heterocycles. The van der Waals surface area contributed by atoms with Crippen LogP contribution in [0.15, 0.2) is 66.7 Å². The number of anilines is 2. The first-order valence-electron chi connectivity index (χ1n) is 9.75. The van der Waals surface area contributed by atoms with E-state index in [1.165, 1.54) is 6.07 Å². The summed E-state index contributed by atoms with van der Waals surface area (Å²) in [5.74, 6) is 0.803. The summed E-state index contributed by atoms with van der Waals surface area (Å²) in [5.41, 5.74) is 1.75. The van der Waals surface area contributed by atoms with Crippen LogP contribution in [0.25, 0.3) is 10.9 Å². The lowest BCUT2D eigenvalue weighted by atomic mass is 10.2. The zero-order valence-corrected chi connectivity index (χ0v) is 17.1. The van der Waals surface area contributed by atoms with Crippen molar-refractivity contribution < 1.29 is 23.4 Å². The number of rotatable bonds is 7. The summed E-state index contributed by atoms with van der Waals surface area (Å²) >= 11 is 0. The van der Waals surface area contributed by atoms with Gasteiger partial charge < -0.3 is 24.5 Å². The van der Waals surface area contributed by atoms with Gasteiger partial charge in [0.2, 0.25) is 0 Å². The number of para-hydroxylation sites is 1. The van der Waals surface area contributed by atoms with Gasteiger partial charge in [-0.15, -0.1) is 0 Å². The Labute approximate surface area is 178 Å². The first-order chi connectivity index (χ1) is 15.1. The zero-order valence-electron chi connectivity index (χ0n) is 17.1. The molecule has 7 heteroatoms. The number of aromatic nitrogens is 1. The predicted octanol–water partition coefficient (Wildman–Crippen LogP) is 6.03. The zero-order chi connectivity index (χ0) is 21.8. The first-order valence-corrected chi connectivity index (χ1v) is 9.75. The van der Waals surface area contributed by atoms with Gasteiger partial charge in [0.15, 0.2) is 11.5 Å². The largest absolute Gasteiger partial charge is 0.493 e. The SMILES string of the molecule is CCOC(=O)c1cc2c(Nc3ccc(Oc4ccccc4)c(OC)c3)ccc(F)c2[nH]1. The van der Waals surface area contributed by atoms with E-state index in [0.717, 1.165) is 0 Å². The summed E-state index contributed by atoms with van der Waals surface area (Å²) in [5, 5.41) is 3.78. The van der Waals surface area contributed by atoms with E-state index in [-0.39, 0.29) is 17.8 Å². The number of halogens is 1. The van der Waals surface area contributed by atoms with Gasteiger partial charge in [-0.25, -0.2) is 9.18 Å². The van der Waals surface area contributed by atoms with E-state index in [1.54, 1.807) is 38.3 Å². The van der Waals surface area contributed by atoms with E-state index >= 15 is 0 Å². The molecular formula is C24H21FN2O4. The highest BCUT2D eigenvalue weighted by Gasteiger charge is 2.16. The Hall–Kier alpha value is -4.00. The molecular weight excluding hydrogens is 399 g/mol. The Bertz CT molecular complexity index is 1220. The molecule has 0 aliphatic rings. The maximum atomic E-state index is 14.3. The number of ether oxygens (including phenoxy) is 3. The van der Waals surface area contributed by atoms with Crippen molar-refractivity contribution >= 4 is 28.2 Å². The third-order valence-electron chi connectivity index (χ3n) is 4.65. The molecule has 1 aromatic heterocycles. The van der Waals surface area contributed by atoms with Gasteiger partial charge in [-0.3, -0.25) is 0 Å². The fraction of sp³-hybridized carbons (Fsp3) is 0.125. The van der Waals surface area contributed by atoms with Crippen LogP contribution < -0.4 is 14.8 Å². The maximum absolute atomic E-state index is 14.3. The highest BCUT2D eigenvalue weighted by molar-refractivity contribution is 6.01. The normalized spacial score (nSPS) is 10.7. The number of H-pyrrole nitrogens is 1. The Morgan fingerprint density at radius 3 is 2.58 bits per heavy atom. The average molecular weight is 420 g/mol. The lowest BCUT2D eigenvalue weighted by molar-refractivity contribution is 0.0520. The molecule has 0 fully saturated rings. The molecule has 31 heavy (non-hydrogen) atoms. The van der Waals surface area contributed by atoms with Crippen LogP contribution in [-0.4, -0.2) is 24.7 Å². The van der Waals surface area contributed by atoms with Crippen molar-refractivity contribution in [3.63, 3.8) is 0 Å². The molecule has 0 spiro atoms. The van der Waals surface area contributed by atoms with E-state index in [0.29, 0.717) is 34.0 Å². The Morgan fingerprint density at radius 2 is 1.84 bits per heavy atom. The van der Waals surface area contributed by atoms with Crippen LogP contribution in [0, 0.1) is 5.82 Å². The lowest BCUT2D eigenvalue weighted by Crippen LogP contribution is -2.04. The molecule has 0 radical (unpaired) electrons. The molecule has 0 saturated carbocycles. The van der Waals surface area contributed by atoms with Crippen LogP contribution in [0.4, 0.5) is 15.8 Å². The van der Waals surface area contributed by atoms with Gasteiger partial charge in [0.25, 0.3) is 0 Å². The van der Waals surface area contributed by atoms with Crippen molar-refractivity contribution in [3.05, 3.63) is 78.2 Å². The summed E-state index contributed by atoms with van der Waals surface area (Å²) in [4.78, 5) is 14.8. The summed E-state index contributed by atoms with van der Waals surface area (Å²) in [7, 11) is 1.56. The molecule has 1 heterocycles. The number of carbonyl (C=O) groups is 1. The van der Waals surface area contributed by atoms with Gasteiger partial charge in [0.05, 0.1) is 19.2 Å². The molecule has 0 aliphatic heterocycles. The first kappa shape index (κ1) is 20.3. The minimum atomic E-state index is -0.534. The number of benzene rings is 3. The number of hydrogen-bond acceptors (Lipinski definition) is 5. The van der Waals surface area contributed by atoms with E-state index < -0.39 is 11.8 Å². The standard InChI is InChI=1S/C24H21FN2O4/c1-3-30-24(28)20-14-17-19(11-10-18(25)23(17)27-20)26-15-9-12-21(22(13-15)29-2)31-16-7-5-4-6-8-16/h4-14,26-27H,3H2,1-2H3. The van der Waals surface area contributed by atoms with Crippen molar-refractivity contribution in [2.24, 2.45) is 0 Å². The second-order valence-electron chi connectivity index (χ2n) is 6.69. The smallest absolute Gasteiger partial charge is 0.354 e. The maximum Gasteiger partial charge on any atom is 0.354 e. The third-order valence-corrected chi connectivity index (χ3v) is 4.65. The fourth-order valence-corrected chi connectivity index (χ4v) is 3.21.